The maximum atomic E-state index is 6.05. The van der Waals surface area contributed by atoms with Gasteiger partial charge in [-0.25, -0.2) is 0 Å². The van der Waals surface area contributed by atoms with Crippen LogP contribution in [0, 0.1) is 0 Å². The number of hydrogen-bond acceptors (Lipinski definition) is 3. The van der Waals surface area contributed by atoms with E-state index in [0.717, 1.165) is 18.7 Å². The lowest BCUT2D eigenvalue weighted by molar-refractivity contribution is 0.415. The van der Waals surface area contributed by atoms with E-state index in [0.29, 0.717) is 10.8 Å². The van der Waals surface area contributed by atoms with E-state index in [1.54, 1.807) is 18.4 Å². The van der Waals surface area contributed by atoms with Gasteiger partial charge in [0.2, 0.25) is 0 Å². The molecular formula is C13H14ClNOS. The summed E-state index contributed by atoms with van der Waals surface area (Å²) in [7, 11) is 1.62. The Morgan fingerprint density at radius 3 is 2.88 bits per heavy atom. The van der Waals surface area contributed by atoms with Gasteiger partial charge in [0.15, 0.2) is 0 Å². The molecule has 0 atom stereocenters. The molecule has 0 amide bonds. The third kappa shape index (κ3) is 3.38. The molecule has 4 heteroatoms. The lowest BCUT2D eigenvalue weighted by Crippen LogP contribution is -2.03. The van der Waals surface area contributed by atoms with Crippen molar-refractivity contribution >= 4 is 28.6 Å². The van der Waals surface area contributed by atoms with Gasteiger partial charge in [-0.1, -0.05) is 17.7 Å². The van der Waals surface area contributed by atoms with Gasteiger partial charge in [-0.3, -0.25) is 0 Å². The standard InChI is InChI=1S/C13H14ClNOS/c1-16-13-5-4-10(9-12(13)14)15-7-6-11-3-2-8-17-11/h2-5,8-9,15H,6-7H2,1H3. The minimum absolute atomic E-state index is 0.633. The second kappa shape index (κ2) is 5.94. The van der Waals surface area contributed by atoms with Crippen molar-refractivity contribution in [3.8, 4) is 5.75 Å². The van der Waals surface area contributed by atoms with E-state index in [1.807, 2.05) is 18.2 Å². The average Bonchev–Trinajstić information content (AvgIpc) is 2.82. The molecule has 0 aliphatic heterocycles. The highest BCUT2D eigenvalue weighted by Crippen LogP contribution is 2.27. The summed E-state index contributed by atoms with van der Waals surface area (Å²) in [6.45, 7) is 0.906. The van der Waals surface area contributed by atoms with Gasteiger partial charge in [0.1, 0.15) is 5.75 Å². The zero-order valence-electron chi connectivity index (χ0n) is 9.57. The van der Waals surface area contributed by atoms with Gasteiger partial charge in [-0.15, -0.1) is 11.3 Å². The van der Waals surface area contributed by atoms with Crippen molar-refractivity contribution in [3.05, 3.63) is 45.6 Å². The predicted octanol–water partition coefficient (Wildman–Crippen LogP) is 4.06. The number of halogens is 1. The third-order valence-corrected chi connectivity index (χ3v) is 3.66. The van der Waals surface area contributed by atoms with Crippen LogP contribution in [0.3, 0.4) is 0 Å². The first-order chi connectivity index (χ1) is 8.29. The molecule has 1 heterocycles. The van der Waals surface area contributed by atoms with E-state index in [-0.39, 0.29) is 0 Å². The van der Waals surface area contributed by atoms with Crippen LogP contribution in [-0.4, -0.2) is 13.7 Å². The zero-order chi connectivity index (χ0) is 12.1. The molecule has 90 valence electrons. The summed E-state index contributed by atoms with van der Waals surface area (Å²) in [4.78, 5) is 1.39. The molecule has 2 aromatic rings. The Kier molecular flexibility index (Phi) is 4.29. The maximum absolute atomic E-state index is 6.05. The molecule has 0 fully saturated rings. The number of nitrogens with one attached hydrogen (secondary N) is 1. The van der Waals surface area contributed by atoms with E-state index in [9.17, 15) is 0 Å². The summed E-state index contributed by atoms with van der Waals surface area (Å²) in [5, 5.41) is 6.07. The van der Waals surface area contributed by atoms with Gasteiger partial charge in [-0.05, 0) is 36.1 Å². The SMILES string of the molecule is COc1ccc(NCCc2cccs2)cc1Cl. The van der Waals surface area contributed by atoms with E-state index < -0.39 is 0 Å². The molecule has 17 heavy (non-hydrogen) atoms. The lowest BCUT2D eigenvalue weighted by atomic mass is 10.3. The molecule has 1 aromatic heterocycles. The van der Waals surface area contributed by atoms with Gasteiger partial charge in [0.25, 0.3) is 0 Å². The van der Waals surface area contributed by atoms with Crippen LogP contribution < -0.4 is 10.1 Å². The van der Waals surface area contributed by atoms with Crippen molar-refractivity contribution in [2.45, 2.75) is 6.42 Å². The van der Waals surface area contributed by atoms with Crippen molar-refractivity contribution in [1.82, 2.24) is 0 Å². The topological polar surface area (TPSA) is 21.3 Å². The fourth-order valence-corrected chi connectivity index (χ4v) is 2.53. The number of rotatable bonds is 5. The van der Waals surface area contributed by atoms with Crippen LogP contribution in [0.2, 0.25) is 5.02 Å². The summed E-state index contributed by atoms with van der Waals surface area (Å²) in [6, 6.07) is 9.95. The van der Waals surface area contributed by atoms with Gasteiger partial charge in [0.05, 0.1) is 12.1 Å². The van der Waals surface area contributed by atoms with E-state index in [1.165, 1.54) is 4.88 Å². The number of methoxy groups -OCH3 is 1. The molecule has 0 aliphatic rings. The molecule has 0 radical (unpaired) electrons. The molecule has 2 rings (SSSR count). The number of thiophene rings is 1. The molecule has 1 N–H and O–H groups in total. The summed E-state index contributed by atoms with van der Waals surface area (Å²) in [6.07, 6.45) is 1.03. The smallest absolute Gasteiger partial charge is 0.137 e. The van der Waals surface area contributed by atoms with Crippen molar-refractivity contribution in [2.24, 2.45) is 0 Å². The minimum Gasteiger partial charge on any atom is -0.495 e. The van der Waals surface area contributed by atoms with Crippen molar-refractivity contribution in [3.63, 3.8) is 0 Å². The Bertz CT molecular complexity index is 470. The molecule has 1 aromatic carbocycles. The number of anilines is 1. The maximum Gasteiger partial charge on any atom is 0.137 e. The van der Waals surface area contributed by atoms with E-state index >= 15 is 0 Å². The Morgan fingerprint density at radius 1 is 1.35 bits per heavy atom. The summed E-state index contributed by atoms with van der Waals surface area (Å²) in [5.74, 6) is 0.704. The highest BCUT2D eigenvalue weighted by molar-refractivity contribution is 7.09. The molecular weight excluding hydrogens is 254 g/mol. The first-order valence-corrected chi connectivity index (χ1v) is 6.65. The van der Waals surface area contributed by atoms with Crippen molar-refractivity contribution in [1.29, 1.82) is 0 Å². The fraction of sp³-hybridized carbons (Fsp3) is 0.231. The van der Waals surface area contributed by atoms with E-state index in [4.69, 9.17) is 16.3 Å². The van der Waals surface area contributed by atoms with Crippen LogP contribution in [0.4, 0.5) is 5.69 Å². The third-order valence-electron chi connectivity index (χ3n) is 2.43. The summed E-state index contributed by atoms with van der Waals surface area (Å²) in [5.41, 5.74) is 1.02. The highest BCUT2D eigenvalue weighted by Gasteiger charge is 2.01. The van der Waals surface area contributed by atoms with Gasteiger partial charge < -0.3 is 10.1 Å². The van der Waals surface area contributed by atoms with Gasteiger partial charge in [0, 0.05) is 17.1 Å². The Morgan fingerprint density at radius 2 is 2.24 bits per heavy atom. The van der Waals surface area contributed by atoms with Gasteiger partial charge >= 0.3 is 0 Å². The normalized spacial score (nSPS) is 10.2. The molecule has 2 nitrogen and oxygen atoms in total. The number of hydrogen-bond donors (Lipinski definition) is 1. The zero-order valence-corrected chi connectivity index (χ0v) is 11.1. The van der Waals surface area contributed by atoms with Crippen LogP contribution >= 0.6 is 22.9 Å². The molecule has 0 saturated heterocycles. The second-order valence-corrected chi connectivity index (χ2v) is 5.04. The van der Waals surface area contributed by atoms with Crippen LogP contribution in [0.1, 0.15) is 4.88 Å². The predicted molar refractivity (Wildman–Crippen MR) is 74.5 cm³/mol. The van der Waals surface area contributed by atoms with Crippen LogP contribution in [0.25, 0.3) is 0 Å². The first-order valence-electron chi connectivity index (χ1n) is 5.39. The Labute approximate surface area is 110 Å². The minimum atomic E-state index is 0.633. The quantitative estimate of drug-likeness (QED) is 0.882. The van der Waals surface area contributed by atoms with Crippen LogP contribution in [0.15, 0.2) is 35.7 Å². The average molecular weight is 268 g/mol. The summed E-state index contributed by atoms with van der Waals surface area (Å²) >= 11 is 7.83. The van der Waals surface area contributed by atoms with Crippen molar-refractivity contribution < 1.29 is 4.74 Å². The van der Waals surface area contributed by atoms with Crippen LogP contribution in [0.5, 0.6) is 5.75 Å². The second-order valence-electron chi connectivity index (χ2n) is 3.61. The van der Waals surface area contributed by atoms with Gasteiger partial charge in [-0.2, -0.15) is 0 Å². The lowest BCUT2D eigenvalue weighted by Gasteiger charge is -2.08. The van der Waals surface area contributed by atoms with E-state index in [2.05, 4.69) is 22.8 Å². The first kappa shape index (κ1) is 12.3. The molecule has 0 aliphatic carbocycles. The Hall–Kier alpha value is -1.19. The van der Waals surface area contributed by atoms with Crippen LogP contribution in [-0.2, 0) is 6.42 Å². The molecule has 0 spiro atoms. The summed E-state index contributed by atoms with van der Waals surface area (Å²) < 4.78 is 5.11. The monoisotopic (exact) mass is 267 g/mol. The van der Waals surface area contributed by atoms with Crippen molar-refractivity contribution in [2.75, 3.05) is 19.0 Å². The molecule has 0 unspecified atom stereocenters. The largest absolute Gasteiger partial charge is 0.495 e. The number of benzene rings is 1. The Balaban J connectivity index is 1.89. The molecule has 0 saturated carbocycles. The number of ether oxygens (including phenoxy) is 1. The fourth-order valence-electron chi connectivity index (χ4n) is 1.56. The highest BCUT2D eigenvalue weighted by atomic mass is 35.5. The molecule has 0 bridgehead atoms.